The molecule has 0 bridgehead atoms. The fourth-order valence-electron chi connectivity index (χ4n) is 5.13. The molecule has 2 aromatic heterocycles. The molecule has 186 valence electrons. The number of aromatic nitrogens is 5. The van der Waals surface area contributed by atoms with E-state index in [1.807, 2.05) is 45.0 Å². The Bertz CT molecular complexity index is 1220. The van der Waals surface area contributed by atoms with Crippen LogP contribution < -0.4 is 5.32 Å². The predicted molar refractivity (Wildman–Crippen MR) is 140 cm³/mol. The van der Waals surface area contributed by atoms with E-state index in [-0.39, 0.29) is 17.4 Å². The van der Waals surface area contributed by atoms with Crippen LogP contribution in [0, 0.1) is 32.1 Å². The Kier molecular flexibility index (Phi) is 7.52. The highest BCUT2D eigenvalue weighted by atomic mass is 35.5. The van der Waals surface area contributed by atoms with Crippen LogP contribution in [-0.4, -0.2) is 36.9 Å². The molecule has 2 unspecified atom stereocenters. The van der Waals surface area contributed by atoms with Crippen molar-refractivity contribution in [1.82, 2.24) is 30.3 Å². The Morgan fingerprint density at radius 3 is 2.54 bits per heavy atom. The lowest BCUT2D eigenvalue weighted by atomic mass is 9.70. The van der Waals surface area contributed by atoms with Crippen LogP contribution in [0.1, 0.15) is 73.2 Å². The number of nitrogens with zero attached hydrogens (tertiary/aromatic N) is 5. The van der Waals surface area contributed by atoms with Gasteiger partial charge in [0.2, 0.25) is 0 Å². The van der Waals surface area contributed by atoms with Gasteiger partial charge in [-0.2, -0.15) is 0 Å². The first-order valence-electron chi connectivity index (χ1n) is 12.0. The van der Waals surface area contributed by atoms with Crippen LogP contribution >= 0.6 is 23.4 Å². The van der Waals surface area contributed by atoms with E-state index in [0.29, 0.717) is 33.2 Å². The third-order valence-corrected chi connectivity index (χ3v) is 7.67. The number of rotatable bonds is 6. The number of benzene rings is 1. The van der Waals surface area contributed by atoms with Crippen molar-refractivity contribution in [3.63, 3.8) is 0 Å². The molecule has 1 aliphatic rings. The fourth-order valence-corrected chi connectivity index (χ4v) is 6.25. The molecule has 2 atom stereocenters. The minimum absolute atomic E-state index is 0.114. The molecule has 1 saturated carbocycles. The average Bonchev–Trinajstić information content (AvgIpc) is 3.16. The van der Waals surface area contributed by atoms with E-state index in [2.05, 4.69) is 46.4 Å². The molecule has 0 saturated heterocycles. The summed E-state index contributed by atoms with van der Waals surface area (Å²) in [6, 6.07) is 7.78. The second-order valence-electron chi connectivity index (χ2n) is 10.5. The molecule has 0 radical (unpaired) electrons. The summed E-state index contributed by atoms with van der Waals surface area (Å²) in [7, 11) is 0. The normalized spacial score (nSPS) is 19.5. The molecule has 0 spiro atoms. The zero-order chi connectivity index (χ0) is 25.3. The number of amides is 1. The quantitative estimate of drug-likeness (QED) is 0.328. The van der Waals surface area contributed by atoms with Crippen molar-refractivity contribution in [3.8, 4) is 5.69 Å². The first kappa shape index (κ1) is 25.6. The summed E-state index contributed by atoms with van der Waals surface area (Å²) in [5, 5.41) is 13.2. The van der Waals surface area contributed by atoms with Gasteiger partial charge in [0.1, 0.15) is 0 Å². The van der Waals surface area contributed by atoms with Gasteiger partial charge in [-0.15, -0.1) is 5.10 Å². The highest BCUT2D eigenvalue weighted by Crippen LogP contribution is 2.38. The summed E-state index contributed by atoms with van der Waals surface area (Å²) in [5.74, 6) is 0.809. The van der Waals surface area contributed by atoms with E-state index in [0.717, 1.165) is 35.5 Å². The first-order valence-corrected chi connectivity index (χ1v) is 13.3. The summed E-state index contributed by atoms with van der Waals surface area (Å²) in [4.78, 5) is 22.5. The molecule has 35 heavy (non-hydrogen) atoms. The van der Waals surface area contributed by atoms with Crippen molar-refractivity contribution in [2.45, 2.75) is 77.8 Å². The maximum absolute atomic E-state index is 13.4. The van der Waals surface area contributed by atoms with Gasteiger partial charge < -0.3 is 5.32 Å². The zero-order valence-corrected chi connectivity index (χ0v) is 22.8. The third-order valence-electron chi connectivity index (χ3n) is 6.40. The molecular weight excluding hydrogens is 480 g/mol. The number of thioether (sulfide) groups is 1. The Hall–Kier alpha value is -2.45. The Labute approximate surface area is 216 Å². The summed E-state index contributed by atoms with van der Waals surface area (Å²) in [6.07, 6.45) is 3.09. The van der Waals surface area contributed by atoms with Gasteiger partial charge in [-0.05, 0) is 75.1 Å². The van der Waals surface area contributed by atoms with Gasteiger partial charge in [-0.1, -0.05) is 55.4 Å². The minimum atomic E-state index is -0.193. The van der Waals surface area contributed by atoms with E-state index in [1.165, 1.54) is 18.2 Å². The first-order chi connectivity index (χ1) is 16.5. The minimum Gasteiger partial charge on any atom is -0.348 e. The number of aryl methyl sites for hydroxylation is 3. The topological polar surface area (TPSA) is 85.6 Å². The number of hydrogen-bond acceptors (Lipinski definition) is 6. The smallest absolute Gasteiger partial charge is 0.274 e. The molecule has 7 nitrogen and oxygen atoms in total. The maximum atomic E-state index is 13.4. The lowest BCUT2D eigenvalue weighted by Gasteiger charge is -2.39. The van der Waals surface area contributed by atoms with Crippen LogP contribution in [0.15, 0.2) is 29.4 Å². The van der Waals surface area contributed by atoms with Crippen LogP contribution in [0.4, 0.5) is 0 Å². The number of carbonyl (C=O) groups excluding carboxylic acids is 1. The molecule has 1 N–H and O–H groups in total. The third kappa shape index (κ3) is 6.22. The van der Waals surface area contributed by atoms with Gasteiger partial charge in [0.25, 0.3) is 5.91 Å². The van der Waals surface area contributed by atoms with E-state index in [1.54, 1.807) is 4.68 Å². The van der Waals surface area contributed by atoms with E-state index in [9.17, 15) is 4.79 Å². The van der Waals surface area contributed by atoms with Crippen LogP contribution in [0.3, 0.4) is 0 Å². The van der Waals surface area contributed by atoms with E-state index in [4.69, 9.17) is 11.6 Å². The summed E-state index contributed by atoms with van der Waals surface area (Å²) < 4.78 is 1.70. The molecular formula is C26H33ClN6OS. The van der Waals surface area contributed by atoms with Gasteiger partial charge in [0.05, 0.1) is 11.4 Å². The highest BCUT2D eigenvalue weighted by molar-refractivity contribution is 7.98. The van der Waals surface area contributed by atoms with Crippen LogP contribution in [-0.2, 0) is 5.75 Å². The number of halogens is 1. The Morgan fingerprint density at radius 2 is 1.89 bits per heavy atom. The molecule has 4 rings (SSSR count). The standard InChI is InChI=1S/C26H33ClN6OS/c1-15-9-19(13-26(5,6)12-15)30-24(34)23-22(14-35-25-28-17(3)10-18(4)29-25)33(32-31-23)20-8-7-16(2)21(27)11-20/h7-8,10-11,15,19H,9,12-14H2,1-6H3,(H,30,34). The lowest BCUT2D eigenvalue weighted by molar-refractivity contribution is 0.0868. The SMILES string of the molecule is Cc1cc(C)nc(SCc2c(C(=O)NC3CC(C)CC(C)(C)C3)nnn2-c2ccc(C)c(Cl)c2)n1. The van der Waals surface area contributed by atoms with Crippen molar-refractivity contribution in [3.05, 3.63) is 57.6 Å². The van der Waals surface area contributed by atoms with Gasteiger partial charge >= 0.3 is 0 Å². The molecule has 1 aromatic carbocycles. The predicted octanol–water partition coefficient (Wildman–Crippen LogP) is 5.87. The van der Waals surface area contributed by atoms with Crippen LogP contribution in [0.2, 0.25) is 5.02 Å². The van der Waals surface area contributed by atoms with E-state index >= 15 is 0 Å². The highest BCUT2D eigenvalue weighted by Gasteiger charge is 2.34. The van der Waals surface area contributed by atoms with Crippen LogP contribution in [0.5, 0.6) is 0 Å². The van der Waals surface area contributed by atoms with Crippen LogP contribution in [0.25, 0.3) is 5.69 Å². The number of nitrogens with one attached hydrogen (secondary N) is 1. The summed E-state index contributed by atoms with van der Waals surface area (Å²) in [6.45, 7) is 12.6. The monoisotopic (exact) mass is 512 g/mol. The van der Waals surface area contributed by atoms with Crippen molar-refractivity contribution < 1.29 is 4.79 Å². The van der Waals surface area contributed by atoms with Gasteiger partial charge in [-0.25, -0.2) is 14.6 Å². The molecule has 0 aliphatic heterocycles. The molecule has 2 heterocycles. The molecule has 1 fully saturated rings. The Balaban J connectivity index is 1.64. The number of carbonyl (C=O) groups is 1. The largest absolute Gasteiger partial charge is 0.348 e. The van der Waals surface area contributed by atoms with Gasteiger partial charge in [0.15, 0.2) is 10.9 Å². The lowest BCUT2D eigenvalue weighted by Crippen LogP contribution is -2.43. The van der Waals surface area contributed by atoms with Crippen molar-refractivity contribution in [2.24, 2.45) is 11.3 Å². The molecule has 1 aliphatic carbocycles. The summed E-state index contributed by atoms with van der Waals surface area (Å²) in [5.41, 5.74) is 4.77. The van der Waals surface area contributed by atoms with Crippen molar-refractivity contribution in [2.75, 3.05) is 0 Å². The Morgan fingerprint density at radius 1 is 1.17 bits per heavy atom. The molecule has 3 aromatic rings. The average molecular weight is 513 g/mol. The second kappa shape index (κ2) is 10.3. The van der Waals surface area contributed by atoms with Gasteiger partial charge in [-0.3, -0.25) is 4.79 Å². The van der Waals surface area contributed by atoms with Gasteiger partial charge in [0, 0.05) is 28.2 Å². The molecule has 1 amide bonds. The fraction of sp³-hybridized carbons (Fsp3) is 0.500. The van der Waals surface area contributed by atoms with E-state index < -0.39 is 0 Å². The zero-order valence-electron chi connectivity index (χ0n) is 21.2. The number of hydrogen-bond donors (Lipinski definition) is 1. The summed E-state index contributed by atoms with van der Waals surface area (Å²) >= 11 is 7.86. The second-order valence-corrected chi connectivity index (χ2v) is 11.9. The van der Waals surface area contributed by atoms with Crippen molar-refractivity contribution in [1.29, 1.82) is 0 Å². The maximum Gasteiger partial charge on any atom is 0.274 e. The molecule has 9 heteroatoms. The van der Waals surface area contributed by atoms with Crippen molar-refractivity contribution >= 4 is 29.3 Å².